The van der Waals surface area contributed by atoms with E-state index < -0.39 is 15.8 Å². The third kappa shape index (κ3) is 5.60. The third-order valence-corrected chi connectivity index (χ3v) is 7.36. The molecule has 0 aliphatic rings. The highest BCUT2D eigenvalue weighted by atomic mass is 32.2. The average Bonchev–Trinajstić information content (AvgIpc) is 3.59. The molecule has 5 aromatic heterocycles. The van der Waals surface area contributed by atoms with Crippen LogP contribution in [0, 0.1) is 5.82 Å². The van der Waals surface area contributed by atoms with E-state index in [4.69, 9.17) is 0 Å². The number of rotatable bonds is 8. The van der Waals surface area contributed by atoms with E-state index in [2.05, 4.69) is 40.2 Å². The normalized spacial score (nSPS) is 11.8. The molecule has 4 N–H and O–H groups in total. The van der Waals surface area contributed by atoms with Crippen LogP contribution in [0.5, 0.6) is 0 Å². The number of anilines is 1. The molecule has 212 valence electrons. The number of hydrogen-bond acceptors (Lipinski definition) is 7. The van der Waals surface area contributed by atoms with Crippen molar-refractivity contribution in [2.75, 3.05) is 11.6 Å². The summed E-state index contributed by atoms with van der Waals surface area (Å²) in [6.07, 6.45) is 9.68. The van der Waals surface area contributed by atoms with E-state index in [0.717, 1.165) is 33.6 Å². The maximum atomic E-state index is 14.6. The standard InChI is InChI=1S/C29H25FN8O3S/c1-3-28(39)35-20-7-18(11-31-12-20)24-9-22-27(15-33-24)37-38-29(22)25-8-21-23(13-32-14-26(21)36-25)17-4-16(5-19(30)6-17)10-34-42(2,40)41/h4-9,11-15,34,36H,3,10H2,1-2H3,(H,35,39)(H,37,38). The molecular formula is C29H25FN8O3S. The number of aromatic nitrogens is 6. The Bertz CT molecular complexity index is 2090. The topological polar surface area (TPSA) is 158 Å². The van der Waals surface area contributed by atoms with Gasteiger partial charge in [-0.3, -0.25) is 24.8 Å². The summed E-state index contributed by atoms with van der Waals surface area (Å²) in [5.74, 6) is -0.598. The Balaban J connectivity index is 1.39. The van der Waals surface area contributed by atoms with Crippen molar-refractivity contribution in [2.24, 2.45) is 0 Å². The lowest BCUT2D eigenvalue weighted by Crippen LogP contribution is -2.21. The van der Waals surface area contributed by atoms with E-state index in [-0.39, 0.29) is 12.5 Å². The van der Waals surface area contributed by atoms with Crippen molar-refractivity contribution >= 4 is 43.4 Å². The summed E-state index contributed by atoms with van der Waals surface area (Å²) in [6.45, 7) is 1.74. The van der Waals surface area contributed by atoms with Crippen LogP contribution in [0.25, 0.3) is 55.6 Å². The van der Waals surface area contributed by atoms with E-state index in [1.807, 2.05) is 18.2 Å². The molecule has 6 aromatic rings. The Morgan fingerprint density at radius 2 is 1.76 bits per heavy atom. The van der Waals surface area contributed by atoms with Crippen LogP contribution >= 0.6 is 0 Å². The van der Waals surface area contributed by atoms with Crippen molar-refractivity contribution in [3.05, 3.63) is 78.8 Å². The summed E-state index contributed by atoms with van der Waals surface area (Å²) in [6, 6.07) is 10.0. The van der Waals surface area contributed by atoms with Gasteiger partial charge in [0.2, 0.25) is 15.9 Å². The summed E-state index contributed by atoms with van der Waals surface area (Å²) in [7, 11) is -3.44. The molecule has 0 saturated heterocycles. The van der Waals surface area contributed by atoms with Crippen molar-refractivity contribution in [3.63, 3.8) is 0 Å². The highest BCUT2D eigenvalue weighted by Crippen LogP contribution is 2.35. The third-order valence-electron chi connectivity index (χ3n) is 6.69. The molecular weight excluding hydrogens is 559 g/mol. The minimum absolute atomic E-state index is 0.0373. The quantitative estimate of drug-likeness (QED) is 0.201. The molecule has 0 spiro atoms. The summed E-state index contributed by atoms with van der Waals surface area (Å²) < 4.78 is 40.1. The maximum Gasteiger partial charge on any atom is 0.224 e. The molecule has 0 saturated carbocycles. The zero-order valence-corrected chi connectivity index (χ0v) is 23.4. The molecule has 0 fully saturated rings. The fraction of sp³-hybridized carbons (Fsp3) is 0.138. The summed E-state index contributed by atoms with van der Waals surface area (Å²) in [5, 5.41) is 12.0. The van der Waals surface area contributed by atoms with Crippen LogP contribution in [0.15, 0.2) is 67.4 Å². The minimum atomic E-state index is -3.44. The molecule has 6 rings (SSSR count). The molecule has 0 atom stereocenters. The van der Waals surface area contributed by atoms with Crippen LogP contribution in [0.3, 0.4) is 0 Å². The first kappa shape index (κ1) is 27.2. The van der Waals surface area contributed by atoms with Crippen molar-refractivity contribution in [1.82, 2.24) is 34.9 Å². The number of amides is 1. The first-order valence-electron chi connectivity index (χ1n) is 13.0. The largest absolute Gasteiger partial charge is 0.352 e. The van der Waals surface area contributed by atoms with E-state index in [1.54, 1.807) is 44.0 Å². The van der Waals surface area contributed by atoms with E-state index >= 15 is 0 Å². The van der Waals surface area contributed by atoms with Gasteiger partial charge in [-0.05, 0) is 47.5 Å². The zero-order chi connectivity index (χ0) is 29.4. The predicted molar refractivity (Wildman–Crippen MR) is 158 cm³/mol. The molecule has 1 aromatic carbocycles. The first-order chi connectivity index (χ1) is 20.2. The summed E-state index contributed by atoms with van der Waals surface area (Å²) in [5.41, 5.74) is 6.48. The smallest absolute Gasteiger partial charge is 0.224 e. The van der Waals surface area contributed by atoms with E-state index in [9.17, 15) is 17.6 Å². The molecule has 5 heterocycles. The molecule has 11 nitrogen and oxygen atoms in total. The van der Waals surface area contributed by atoms with Gasteiger partial charge in [-0.25, -0.2) is 17.5 Å². The zero-order valence-electron chi connectivity index (χ0n) is 22.6. The lowest BCUT2D eigenvalue weighted by Gasteiger charge is -2.08. The van der Waals surface area contributed by atoms with Gasteiger partial charge in [0.05, 0.1) is 53.0 Å². The van der Waals surface area contributed by atoms with Crippen LogP contribution in [-0.4, -0.2) is 50.7 Å². The van der Waals surface area contributed by atoms with Crippen molar-refractivity contribution in [2.45, 2.75) is 19.9 Å². The number of benzene rings is 1. The molecule has 13 heteroatoms. The number of pyridine rings is 3. The van der Waals surface area contributed by atoms with Gasteiger partial charge < -0.3 is 10.3 Å². The van der Waals surface area contributed by atoms with Crippen molar-refractivity contribution in [1.29, 1.82) is 0 Å². The second kappa shape index (κ2) is 10.8. The number of nitrogens with one attached hydrogen (secondary N) is 4. The molecule has 0 radical (unpaired) electrons. The van der Waals surface area contributed by atoms with Gasteiger partial charge in [0.15, 0.2) is 0 Å². The van der Waals surface area contributed by atoms with Crippen LogP contribution in [0.1, 0.15) is 18.9 Å². The summed E-state index contributed by atoms with van der Waals surface area (Å²) >= 11 is 0. The highest BCUT2D eigenvalue weighted by molar-refractivity contribution is 7.88. The van der Waals surface area contributed by atoms with Crippen LogP contribution in [-0.2, 0) is 21.4 Å². The Morgan fingerprint density at radius 3 is 2.57 bits per heavy atom. The number of H-pyrrole nitrogens is 2. The molecule has 42 heavy (non-hydrogen) atoms. The Hall–Kier alpha value is -5.01. The monoisotopic (exact) mass is 584 g/mol. The fourth-order valence-electron chi connectivity index (χ4n) is 4.71. The number of fused-ring (bicyclic) bond motifs is 2. The van der Waals surface area contributed by atoms with E-state index in [0.29, 0.717) is 45.9 Å². The lowest BCUT2D eigenvalue weighted by atomic mass is 10.0. The Morgan fingerprint density at radius 1 is 0.929 bits per heavy atom. The molecule has 0 aliphatic heterocycles. The molecule has 0 unspecified atom stereocenters. The van der Waals surface area contributed by atoms with Crippen molar-refractivity contribution in [3.8, 4) is 33.8 Å². The molecule has 1 amide bonds. The van der Waals surface area contributed by atoms with Gasteiger partial charge >= 0.3 is 0 Å². The maximum absolute atomic E-state index is 14.6. The van der Waals surface area contributed by atoms with Gasteiger partial charge in [0.25, 0.3) is 0 Å². The van der Waals surface area contributed by atoms with Crippen LogP contribution < -0.4 is 10.0 Å². The molecule has 0 bridgehead atoms. The van der Waals surface area contributed by atoms with Gasteiger partial charge in [-0.2, -0.15) is 5.10 Å². The van der Waals surface area contributed by atoms with Crippen LogP contribution in [0.4, 0.5) is 10.1 Å². The second-order valence-corrected chi connectivity index (χ2v) is 11.7. The second-order valence-electron chi connectivity index (χ2n) is 9.82. The SMILES string of the molecule is CCC(=O)Nc1cncc(-c2cc3c(-c4cc5c(-c6cc(F)cc(CNS(C)(=O)=O)c6)cncc5[nH]4)n[nH]c3cn2)c1. The summed E-state index contributed by atoms with van der Waals surface area (Å²) in [4.78, 5) is 28.3. The number of hydrogen-bond donors (Lipinski definition) is 4. The number of halogens is 1. The Kier molecular flexibility index (Phi) is 6.96. The fourth-order valence-corrected chi connectivity index (χ4v) is 5.14. The van der Waals surface area contributed by atoms with Crippen molar-refractivity contribution < 1.29 is 17.6 Å². The molecule has 0 aliphatic carbocycles. The number of nitrogens with zero attached hydrogens (tertiary/aromatic N) is 4. The number of carbonyl (C=O) groups excluding carboxylic acids is 1. The number of carbonyl (C=O) groups is 1. The number of aromatic amines is 2. The van der Waals surface area contributed by atoms with Gasteiger partial charge in [0.1, 0.15) is 11.5 Å². The highest BCUT2D eigenvalue weighted by Gasteiger charge is 2.16. The predicted octanol–water partition coefficient (Wildman–Crippen LogP) is 4.77. The average molecular weight is 585 g/mol. The first-order valence-corrected chi connectivity index (χ1v) is 14.9. The number of sulfonamides is 1. The Labute approximate surface area is 239 Å². The van der Waals surface area contributed by atoms with Gasteiger partial charge in [-0.1, -0.05) is 6.92 Å². The minimum Gasteiger partial charge on any atom is -0.352 e. The van der Waals surface area contributed by atoms with Crippen LogP contribution in [0.2, 0.25) is 0 Å². The van der Waals surface area contributed by atoms with E-state index in [1.165, 1.54) is 12.1 Å². The van der Waals surface area contributed by atoms with Gasteiger partial charge in [0, 0.05) is 47.3 Å². The lowest BCUT2D eigenvalue weighted by molar-refractivity contribution is -0.115. The van der Waals surface area contributed by atoms with Gasteiger partial charge in [-0.15, -0.1) is 0 Å².